The Bertz CT molecular complexity index is 246. The first-order valence-electron chi connectivity index (χ1n) is 5.66. The molecule has 3 nitrogen and oxygen atoms in total. The van der Waals surface area contributed by atoms with Gasteiger partial charge in [0.05, 0.1) is 12.5 Å². The molecule has 15 heavy (non-hydrogen) atoms. The minimum absolute atomic E-state index is 0.667. The normalized spacial score (nSPS) is 13.3. The van der Waals surface area contributed by atoms with Crippen LogP contribution < -0.4 is 5.32 Å². The predicted octanol–water partition coefficient (Wildman–Crippen LogP) is 2.10. The van der Waals surface area contributed by atoms with Gasteiger partial charge in [0.2, 0.25) is 0 Å². The number of furan rings is 1. The maximum Gasteiger partial charge on any atom is 0.0947 e. The minimum atomic E-state index is 0.667. The molecule has 1 N–H and O–H groups in total. The standard InChI is InChI=1S/C12H22N2O/c1-4-11(2)14(3)7-6-13-9-12-5-8-15-10-12/h5,8,10-11,13H,4,6-7,9H2,1-3H3. The van der Waals surface area contributed by atoms with Gasteiger partial charge in [-0.2, -0.15) is 0 Å². The fraction of sp³-hybridized carbons (Fsp3) is 0.667. The maximum atomic E-state index is 5.00. The van der Waals surface area contributed by atoms with E-state index in [1.54, 1.807) is 12.5 Å². The van der Waals surface area contributed by atoms with Crippen molar-refractivity contribution in [2.75, 3.05) is 20.1 Å². The van der Waals surface area contributed by atoms with Crippen molar-refractivity contribution in [1.82, 2.24) is 10.2 Å². The van der Waals surface area contributed by atoms with E-state index in [4.69, 9.17) is 4.42 Å². The molecule has 1 unspecified atom stereocenters. The Kier molecular flexibility index (Phi) is 5.43. The zero-order valence-electron chi connectivity index (χ0n) is 9.99. The topological polar surface area (TPSA) is 28.4 Å². The van der Waals surface area contributed by atoms with Crippen LogP contribution in [0.4, 0.5) is 0 Å². The molecule has 0 aliphatic carbocycles. The van der Waals surface area contributed by atoms with E-state index in [-0.39, 0.29) is 0 Å². The molecular formula is C12H22N2O. The molecule has 1 heterocycles. The summed E-state index contributed by atoms with van der Waals surface area (Å²) >= 11 is 0. The SMILES string of the molecule is CCC(C)N(C)CCNCc1ccoc1. The lowest BCUT2D eigenvalue weighted by Crippen LogP contribution is -2.34. The average molecular weight is 210 g/mol. The lowest BCUT2D eigenvalue weighted by Gasteiger charge is -2.23. The summed E-state index contributed by atoms with van der Waals surface area (Å²) in [5, 5.41) is 3.40. The molecule has 0 fully saturated rings. The maximum absolute atomic E-state index is 5.00. The second kappa shape index (κ2) is 6.64. The van der Waals surface area contributed by atoms with Crippen LogP contribution in [0, 0.1) is 0 Å². The zero-order chi connectivity index (χ0) is 11.1. The van der Waals surface area contributed by atoms with Crippen LogP contribution in [-0.2, 0) is 6.54 Å². The Morgan fingerprint density at radius 3 is 2.93 bits per heavy atom. The highest BCUT2D eigenvalue weighted by atomic mass is 16.3. The van der Waals surface area contributed by atoms with Gasteiger partial charge in [-0.1, -0.05) is 6.92 Å². The van der Waals surface area contributed by atoms with Crippen LogP contribution in [0.3, 0.4) is 0 Å². The summed E-state index contributed by atoms with van der Waals surface area (Å²) in [4.78, 5) is 2.38. The summed E-state index contributed by atoms with van der Waals surface area (Å²) in [5.41, 5.74) is 1.21. The Hall–Kier alpha value is -0.800. The highest BCUT2D eigenvalue weighted by molar-refractivity contribution is 5.04. The lowest BCUT2D eigenvalue weighted by molar-refractivity contribution is 0.251. The van der Waals surface area contributed by atoms with Crippen LogP contribution in [0.5, 0.6) is 0 Å². The third-order valence-electron chi connectivity index (χ3n) is 2.89. The Morgan fingerprint density at radius 2 is 2.33 bits per heavy atom. The molecule has 1 atom stereocenters. The summed E-state index contributed by atoms with van der Waals surface area (Å²) in [6.45, 7) is 7.49. The van der Waals surface area contributed by atoms with Crippen molar-refractivity contribution < 1.29 is 4.42 Å². The number of nitrogens with one attached hydrogen (secondary N) is 1. The summed E-state index contributed by atoms with van der Waals surface area (Å²) in [6.07, 6.45) is 4.70. The quantitative estimate of drug-likeness (QED) is 0.699. The summed E-state index contributed by atoms with van der Waals surface area (Å²) in [7, 11) is 2.17. The number of hydrogen-bond acceptors (Lipinski definition) is 3. The van der Waals surface area contributed by atoms with Gasteiger partial charge in [0.15, 0.2) is 0 Å². The molecule has 86 valence electrons. The fourth-order valence-corrected chi connectivity index (χ4v) is 1.41. The van der Waals surface area contributed by atoms with Gasteiger partial charge in [-0.15, -0.1) is 0 Å². The third-order valence-corrected chi connectivity index (χ3v) is 2.89. The molecule has 0 bridgehead atoms. The first-order valence-corrected chi connectivity index (χ1v) is 5.66. The molecule has 0 radical (unpaired) electrons. The van der Waals surface area contributed by atoms with Crippen LogP contribution in [0.2, 0.25) is 0 Å². The van der Waals surface area contributed by atoms with Gasteiger partial charge in [-0.3, -0.25) is 0 Å². The van der Waals surface area contributed by atoms with Crippen LogP contribution in [0.25, 0.3) is 0 Å². The molecule has 0 saturated carbocycles. The molecule has 0 aliphatic rings. The lowest BCUT2D eigenvalue weighted by atomic mass is 10.2. The van der Waals surface area contributed by atoms with Gasteiger partial charge in [0.1, 0.15) is 0 Å². The fourth-order valence-electron chi connectivity index (χ4n) is 1.41. The van der Waals surface area contributed by atoms with Crippen LogP contribution in [0.15, 0.2) is 23.0 Å². The molecule has 0 amide bonds. The van der Waals surface area contributed by atoms with Crippen LogP contribution >= 0.6 is 0 Å². The van der Waals surface area contributed by atoms with Gasteiger partial charge >= 0.3 is 0 Å². The third kappa shape index (κ3) is 4.49. The van der Waals surface area contributed by atoms with Gasteiger partial charge < -0.3 is 14.6 Å². The second-order valence-corrected chi connectivity index (χ2v) is 4.05. The van der Waals surface area contributed by atoms with E-state index >= 15 is 0 Å². The number of likely N-dealkylation sites (N-methyl/N-ethyl adjacent to an activating group) is 1. The first-order chi connectivity index (χ1) is 7.24. The van der Waals surface area contributed by atoms with Crippen LogP contribution in [0.1, 0.15) is 25.8 Å². The summed E-state index contributed by atoms with van der Waals surface area (Å²) in [6, 6.07) is 2.66. The average Bonchev–Trinajstić information content (AvgIpc) is 2.75. The first kappa shape index (κ1) is 12.3. The Balaban J connectivity index is 2.06. The van der Waals surface area contributed by atoms with Crippen molar-refractivity contribution in [1.29, 1.82) is 0 Å². The minimum Gasteiger partial charge on any atom is -0.472 e. The zero-order valence-corrected chi connectivity index (χ0v) is 9.99. The smallest absolute Gasteiger partial charge is 0.0947 e. The largest absolute Gasteiger partial charge is 0.472 e. The van der Waals surface area contributed by atoms with E-state index in [2.05, 4.69) is 31.1 Å². The van der Waals surface area contributed by atoms with E-state index in [1.165, 1.54) is 12.0 Å². The van der Waals surface area contributed by atoms with Crippen molar-refractivity contribution in [2.45, 2.75) is 32.9 Å². The molecular weight excluding hydrogens is 188 g/mol. The van der Waals surface area contributed by atoms with Gasteiger partial charge in [0.25, 0.3) is 0 Å². The van der Waals surface area contributed by atoms with E-state index in [0.717, 1.165) is 19.6 Å². The number of nitrogens with zero attached hydrogens (tertiary/aromatic N) is 1. The Morgan fingerprint density at radius 1 is 1.53 bits per heavy atom. The van der Waals surface area contributed by atoms with Gasteiger partial charge in [-0.05, 0) is 26.5 Å². The van der Waals surface area contributed by atoms with Crippen molar-refractivity contribution in [2.24, 2.45) is 0 Å². The molecule has 1 aromatic heterocycles. The number of hydrogen-bond donors (Lipinski definition) is 1. The van der Waals surface area contributed by atoms with E-state index in [9.17, 15) is 0 Å². The van der Waals surface area contributed by atoms with E-state index in [0.29, 0.717) is 6.04 Å². The molecule has 0 saturated heterocycles. The van der Waals surface area contributed by atoms with Crippen molar-refractivity contribution in [3.63, 3.8) is 0 Å². The van der Waals surface area contributed by atoms with Crippen LogP contribution in [-0.4, -0.2) is 31.1 Å². The summed E-state index contributed by atoms with van der Waals surface area (Å²) in [5.74, 6) is 0. The molecule has 1 rings (SSSR count). The molecule has 0 aliphatic heterocycles. The highest BCUT2D eigenvalue weighted by Crippen LogP contribution is 2.00. The molecule has 0 aromatic carbocycles. The van der Waals surface area contributed by atoms with E-state index in [1.807, 2.05) is 6.07 Å². The molecule has 3 heteroatoms. The highest BCUT2D eigenvalue weighted by Gasteiger charge is 2.05. The second-order valence-electron chi connectivity index (χ2n) is 4.05. The van der Waals surface area contributed by atoms with E-state index < -0.39 is 0 Å². The predicted molar refractivity (Wildman–Crippen MR) is 62.8 cm³/mol. The van der Waals surface area contributed by atoms with Crippen molar-refractivity contribution in [3.8, 4) is 0 Å². The van der Waals surface area contributed by atoms with Gasteiger partial charge in [-0.25, -0.2) is 0 Å². The van der Waals surface area contributed by atoms with Crippen molar-refractivity contribution in [3.05, 3.63) is 24.2 Å². The van der Waals surface area contributed by atoms with Crippen molar-refractivity contribution >= 4 is 0 Å². The summed E-state index contributed by atoms with van der Waals surface area (Å²) < 4.78 is 5.00. The Labute approximate surface area is 92.5 Å². The molecule has 0 spiro atoms. The monoisotopic (exact) mass is 210 g/mol. The number of rotatable bonds is 7. The van der Waals surface area contributed by atoms with Gasteiger partial charge in [0, 0.05) is 31.2 Å². The molecule has 1 aromatic rings.